The minimum Gasteiger partial charge on any atom is -0.384 e. The number of anilines is 1. The lowest BCUT2D eigenvalue weighted by Crippen LogP contribution is -2.35. The smallest absolute Gasteiger partial charge is 0.0373 e. The molecule has 1 atom stereocenters. The summed E-state index contributed by atoms with van der Waals surface area (Å²) in [5, 5.41) is 3.59. The maximum absolute atomic E-state index is 3.59. The molecule has 0 radical (unpaired) electrons. The molecule has 0 spiro atoms. The van der Waals surface area contributed by atoms with Crippen LogP contribution in [0, 0.1) is 5.41 Å². The van der Waals surface area contributed by atoms with E-state index in [2.05, 4.69) is 43.4 Å². The summed E-state index contributed by atoms with van der Waals surface area (Å²) < 4.78 is 0. The summed E-state index contributed by atoms with van der Waals surface area (Å²) in [6.07, 6.45) is 5.16. The Morgan fingerprint density at radius 2 is 2.07 bits per heavy atom. The van der Waals surface area contributed by atoms with Gasteiger partial charge < -0.3 is 5.32 Å². The summed E-state index contributed by atoms with van der Waals surface area (Å²) >= 11 is 0. The summed E-state index contributed by atoms with van der Waals surface area (Å²) in [5.41, 5.74) is 3.35. The van der Waals surface area contributed by atoms with Crippen LogP contribution in [-0.4, -0.2) is 6.54 Å². The van der Waals surface area contributed by atoms with Gasteiger partial charge in [0.25, 0.3) is 0 Å². The van der Waals surface area contributed by atoms with Gasteiger partial charge in [-0.1, -0.05) is 38.5 Å². The zero-order valence-electron chi connectivity index (χ0n) is 9.84. The van der Waals surface area contributed by atoms with Crippen molar-refractivity contribution in [3.05, 3.63) is 29.8 Å². The molecule has 0 bridgehead atoms. The van der Waals surface area contributed by atoms with Crippen molar-refractivity contribution in [3.63, 3.8) is 0 Å². The van der Waals surface area contributed by atoms with Crippen molar-refractivity contribution >= 4 is 5.69 Å². The van der Waals surface area contributed by atoms with Crippen LogP contribution in [0.15, 0.2) is 24.3 Å². The van der Waals surface area contributed by atoms with Gasteiger partial charge in [-0.2, -0.15) is 0 Å². The molecular weight excluding hydrogens is 182 g/mol. The SMILES string of the molecule is CCCC1(CC)CNc2ccccc2C1. The lowest BCUT2D eigenvalue weighted by molar-refractivity contribution is 0.258. The van der Waals surface area contributed by atoms with Gasteiger partial charge in [-0.05, 0) is 36.3 Å². The van der Waals surface area contributed by atoms with Gasteiger partial charge in [0.1, 0.15) is 0 Å². The number of para-hydroxylation sites is 1. The van der Waals surface area contributed by atoms with Gasteiger partial charge in [0.15, 0.2) is 0 Å². The minimum absolute atomic E-state index is 0.503. The molecule has 15 heavy (non-hydrogen) atoms. The van der Waals surface area contributed by atoms with Gasteiger partial charge in [-0.3, -0.25) is 0 Å². The van der Waals surface area contributed by atoms with Crippen molar-refractivity contribution in [1.82, 2.24) is 0 Å². The van der Waals surface area contributed by atoms with E-state index in [-0.39, 0.29) is 0 Å². The van der Waals surface area contributed by atoms with Crippen molar-refractivity contribution < 1.29 is 0 Å². The van der Waals surface area contributed by atoms with E-state index >= 15 is 0 Å². The van der Waals surface area contributed by atoms with Crippen LogP contribution in [0.1, 0.15) is 38.7 Å². The van der Waals surface area contributed by atoms with Gasteiger partial charge in [0, 0.05) is 12.2 Å². The average Bonchev–Trinajstić information content (AvgIpc) is 2.29. The molecule has 1 aliphatic heterocycles. The largest absolute Gasteiger partial charge is 0.384 e. The fraction of sp³-hybridized carbons (Fsp3) is 0.571. The van der Waals surface area contributed by atoms with E-state index in [4.69, 9.17) is 0 Å². The average molecular weight is 203 g/mol. The first-order chi connectivity index (χ1) is 7.29. The monoisotopic (exact) mass is 203 g/mol. The van der Waals surface area contributed by atoms with Crippen molar-refractivity contribution in [2.75, 3.05) is 11.9 Å². The first kappa shape index (κ1) is 10.5. The van der Waals surface area contributed by atoms with Gasteiger partial charge in [-0.15, -0.1) is 0 Å². The Balaban J connectivity index is 2.22. The summed E-state index contributed by atoms with van der Waals surface area (Å²) in [7, 11) is 0. The number of nitrogens with one attached hydrogen (secondary N) is 1. The number of rotatable bonds is 3. The molecule has 1 aliphatic rings. The molecule has 1 heteroatoms. The lowest BCUT2D eigenvalue weighted by atomic mass is 9.73. The normalized spacial score (nSPS) is 24.4. The van der Waals surface area contributed by atoms with E-state index in [1.807, 2.05) is 0 Å². The van der Waals surface area contributed by atoms with E-state index in [0.717, 1.165) is 6.54 Å². The molecule has 0 saturated heterocycles. The van der Waals surface area contributed by atoms with Crippen LogP contribution in [0.5, 0.6) is 0 Å². The van der Waals surface area contributed by atoms with Crippen LogP contribution in [0.4, 0.5) is 5.69 Å². The summed E-state index contributed by atoms with van der Waals surface area (Å²) in [6.45, 7) is 5.76. The number of hydrogen-bond acceptors (Lipinski definition) is 1. The zero-order chi connectivity index (χ0) is 10.7. The molecule has 0 aliphatic carbocycles. The first-order valence-corrected chi connectivity index (χ1v) is 6.11. The van der Waals surface area contributed by atoms with E-state index in [0.29, 0.717) is 5.41 Å². The molecular formula is C14H21N. The molecule has 0 saturated carbocycles. The topological polar surface area (TPSA) is 12.0 Å². The maximum atomic E-state index is 3.59. The quantitative estimate of drug-likeness (QED) is 0.786. The highest BCUT2D eigenvalue weighted by Crippen LogP contribution is 2.38. The maximum Gasteiger partial charge on any atom is 0.0373 e. The van der Waals surface area contributed by atoms with Crippen LogP contribution < -0.4 is 5.32 Å². The van der Waals surface area contributed by atoms with Crippen molar-refractivity contribution in [2.45, 2.75) is 39.5 Å². The highest BCUT2D eigenvalue weighted by atomic mass is 14.9. The van der Waals surface area contributed by atoms with Crippen molar-refractivity contribution in [3.8, 4) is 0 Å². The van der Waals surface area contributed by atoms with Crippen molar-refractivity contribution in [1.29, 1.82) is 0 Å². The van der Waals surface area contributed by atoms with Gasteiger partial charge in [-0.25, -0.2) is 0 Å². The Morgan fingerprint density at radius 3 is 2.80 bits per heavy atom. The second kappa shape index (κ2) is 4.26. The van der Waals surface area contributed by atoms with E-state index in [9.17, 15) is 0 Å². The number of benzene rings is 1. The third-order valence-corrected chi connectivity index (χ3v) is 3.77. The van der Waals surface area contributed by atoms with E-state index < -0.39 is 0 Å². The first-order valence-electron chi connectivity index (χ1n) is 6.11. The Morgan fingerprint density at radius 1 is 1.27 bits per heavy atom. The second-order valence-corrected chi connectivity index (χ2v) is 4.79. The molecule has 0 fully saturated rings. The number of fused-ring (bicyclic) bond motifs is 1. The molecule has 1 heterocycles. The minimum atomic E-state index is 0.503. The Kier molecular flexibility index (Phi) is 2.99. The van der Waals surface area contributed by atoms with Crippen LogP contribution >= 0.6 is 0 Å². The highest BCUT2D eigenvalue weighted by Gasteiger charge is 2.31. The van der Waals surface area contributed by atoms with Crippen LogP contribution in [0.25, 0.3) is 0 Å². The highest BCUT2D eigenvalue weighted by molar-refractivity contribution is 5.53. The van der Waals surface area contributed by atoms with Crippen molar-refractivity contribution in [2.24, 2.45) is 5.41 Å². The molecule has 82 valence electrons. The lowest BCUT2D eigenvalue weighted by Gasteiger charge is -2.38. The van der Waals surface area contributed by atoms with E-state index in [1.54, 1.807) is 0 Å². The fourth-order valence-corrected chi connectivity index (χ4v) is 2.73. The second-order valence-electron chi connectivity index (χ2n) is 4.79. The summed E-state index contributed by atoms with van der Waals surface area (Å²) in [4.78, 5) is 0. The van der Waals surface area contributed by atoms with Crippen LogP contribution in [0.2, 0.25) is 0 Å². The Hall–Kier alpha value is -0.980. The molecule has 1 aromatic carbocycles. The van der Waals surface area contributed by atoms with E-state index in [1.165, 1.54) is 36.9 Å². The predicted molar refractivity (Wildman–Crippen MR) is 66.3 cm³/mol. The van der Waals surface area contributed by atoms with Gasteiger partial charge in [0.2, 0.25) is 0 Å². The van der Waals surface area contributed by atoms with Crippen LogP contribution in [0.3, 0.4) is 0 Å². The Labute approximate surface area is 92.9 Å². The molecule has 1 nitrogen and oxygen atoms in total. The molecule has 1 unspecified atom stereocenters. The third-order valence-electron chi connectivity index (χ3n) is 3.77. The molecule has 2 rings (SSSR count). The van der Waals surface area contributed by atoms with Gasteiger partial charge in [0.05, 0.1) is 0 Å². The number of hydrogen-bond donors (Lipinski definition) is 1. The van der Waals surface area contributed by atoms with Gasteiger partial charge >= 0.3 is 0 Å². The Bertz CT molecular complexity index is 332. The van der Waals surface area contributed by atoms with Crippen LogP contribution in [-0.2, 0) is 6.42 Å². The summed E-state index contributed by atoms with van der Waals surface area (Å²) in [5.74, 6) is 0. The predicted octanol–water partition coefficient (Wildman–Crippen LogP) is 3.85. The summed E-state index contributed by atoms with van der Waals surface area (Å²) in [6, 6.07) is 8.73. The zero-order valence-corrected chi connectivity index (χ0v) is 9.84. The third kappa shape index (κ3) is 2.01. The fourth-order valence-electron chi connectivity index (χ4n) is 2.73. The molecule has 0 aromatic heterocycles. The molecule has 0 amide bonds. The molecule has 1 N–H and O–H groups in total. The standard InChI is InChI=1S/C14H21N/c1-3-9-14(4-2)10-12-7-5-6-8-13(12)15-11-14/h5-8,15H,3-4,9-11H2,1-2H3. The molecule has 1 aromatic rings.